The van der Waals surface area contributed by atoms with Crippen LogP contribution in [0.25, 0.3) is 0 Å². The van der Waals surface area contributed by atoms with Gasteiger partial charge in [0.25, 0.3) is 0 Å². The van der Waals surface area contributed by atoms with E-state index in [1.54, 1.807) is 6.07 Å². The van der Waals surface area contributed by atoms with Crippen molar-refractivity contribution in [2.75, 3.05) is 25.0 Å². The van der Waals surface area contributed by atoms with Gasteiger partial charge in [-0.05, 0) is 44.4 Å². The largest absolute Gasteiger partial charge is 0.370 e. The summed E-state index contributed by atoms with van der Waals surface area (Å²) >= 11 is 0. The molecule has 1 aliphatic rings. The van der Waals surface area contributed by atoms with E-state index < -0.39 is 0 Å². The third-order valence-corrected chi connectivity index (χ3v) is 4.00. The molecule has 1 aromatic carbocycles. The minimum absolute atomic E-state index is 0.194. The van der Waals surface area contributed by atoms with Gasteiger partial charge in [-0.15, -0.1) is 0 Å². The minimum Gasteiger partial charge on any atom is -0.370 e. The van der Waals surface area contributed by atoms with Crippen LogP contribution in [0.3, 0.4) is 0 Å². The summed E-state index contributed by atoms with van der Waals surface area (Å²) in [6.07, 6.45) is 2.36. The predicted molar refractivity (Wildman–Crippen MR) is 86.1 cm³/mol. The average Bonchev–Trinajstić information content (AvgIpc) is 3.31. The second-order valence-corrected chi connectivity index (χ2v) is 5.47. The van der Waals surface area contributed by atoms with Crippen molar-refractivity contribution in [2.45, 2.75) is 39.3 Å². The van der Waals surface area contributed by atoms with Gasteiger partial charge in [-0.2, -0.15) is 0 Å². The first-order valence-electron chi connectivity index (χ1n) is 7.62. The van der Waals surface area contributed by atoms with Gasteiger partial charge in [0.1, 0.15) is 5.82 Å². The Bertz CT molecular complexity index is 507. The van der Waals surface area contributed by atoms with Crippen molar-refractivity contribution in [3.8, 4) is 0 Å². The molecule has 0 amide bonds. The van der Waals surface area contributed by atoms with Gasteiger partial charge < -0.3 is 15.5 Å². The molecule has 0 atom stereocenters. The normalized spacial score (nSPS) is 15.1. The van der Waals surface area contributed by atoms with Crippen molar-refractivity contribution in [3.05, 3.63) is 29.6 Å². The molecule has 5 heteroatoms. The third kappa shape index (κ3) is 3.86. The van der Waals surface area contributed by atoms with Crippen LogP contribution in [0.4, 0.5) is 10.1 Å². The molecule has 2 N–H and O–H groups in total. The van der Waals surface area contributed by atoms with Gasteiger partial charge in [-0.3, -0.25) is 0 Å². The summed E-state index contributed by atoms with van der Waals surface area (Å²) in [6, 6.07) is 5.84. The highest BCUT2D eigenvalue weighted by molar-refractivity contribution is 5.78. The molecule has 0 saturated heterocycles. The van der Waals surface area contributed by atoms with Crippen LogP contribution in [-0.4, -0.2) is 37.0 Å². The molecule has 1 aliphatic carbocycles. The van der Waals surface area contributed by atoms with Gasteiger partial charge in [0.2, 0.25) is 0 Å². The molecule has 0 bridgehead atoms. The van der Waals surface area contributed by atoms with E-state index in [2.05, 4.69) is 4.99 Å². The Kier molecular flexibility index (Phi) is 5.04. The molecule has 21 heavy (non-hydrogen) atoms. The molecule has 2 rings (SSSR count). The lowest BCUT2D eigenvalue weighted by molar-refractivity contribution is 0.487. The fourth-order valence-electron chi connectivity index (χ4n) is 2.40. The fourth-order valence-corrected chi connectivity index (χ4v) is 2.40. The Morgan fingerprint density at radius 1 is 1.33 bits per heavy atom. The van der Waals surface area contributed by atoms with Crippen molar-refractivity contribution >= 4 is 11.6 Å². The number of benzene rings is 1. The van der Waals surface area contributed by atoms with Crippen molar-refractivity contribution in [1.29, 1.82) is 0 Å². The van der Waals surface area contributed by atoms with Gasteiger partial charge in [0.05, 0.1) is 12.2 Å². The SMILES string of the molecule is CCN(CC)c1ccc(CN=C(N)N(C)C2CC2)cc1F. The second kappa shape index (κ2) is 6.78. The molecule has 0 unspecified atom stereocenters. The van der Waals surface area contributed by atoms with Crippen LogP contribution < -0.4 is 10.6 Å². The number of nitrogens with zero attached hydrogens (tertiary/aromatic N) is 3. The Hall–Kier alpha value is -1.78. The van der Waals surface area contributed by atoms with E-state index in [9.17, 15) is 4.39 Å². The summed E-state index contributed by atoms with van der Waals surface area (Å²) in [4.78, 5) is 8.35. The molecule has 1 fully saturated rings. The molecule has 1 aromatic rings. The maximum absolute atomic E-state index is 14.2. The van der Waals surface area contributed by atoms with Crippen LogP contribution in [-0.2, 0) is 6.54 Å². The highest BCUT2D eigenvalue weighted by Gasteiger charge is 2.27. The Labute approximate surface area is 126 Å². The van der Waals surface area contributed by atoms with E-state index in [-0.39, 0.29) is 5.82 Å². The lowest BCUT2D eigenvalue weighted by atomic mass is 10.2. The molecule has 0 aliphatic heterocycles. The van der Waals surface area contributed by atoms with Crippen molar-refractivity contribution < 1.29 is 4.39 Å². The summed E-state index contributed by atoms with van der Waals surface area (Å²) in [5, 5.41) is 0. The molecule has 0 heterocycles. The van der Waals surface area contributed by atoms with Crippen LogP contribution in [0.15, 0.2) is 23.2 Å². The molecule has 116 valence electrons. The quantitative estimate of drug-likeness (QED) is 0.647. The van der Waals surface area contributed by atoms with Gasteiger partial charge in [0, 0.05) is 26.2 Å². The Balaban J connectivity index is 2.04. The lowest BCUT2D eigenvalue weighted by Gasteiger charge is -2.22. The van der Waals surface area contributed by atoms with Gasteiger partial charge >= 0.3 is 0 Å². The monoisotopic (exact) mass is 292 g/mol. The number of hydrogen-bond donors (Lipinski definition) is 1. The zero-order valence-corrected chi connectivity index (χ0v) is 13.1. The topological polar surface area (TPSA) is 44.9 Å². The van der Waals surface area contributed by atoms with Crippen molar-refractivity contribution in [1.82, 2.24) is 4.90 Å². The number of hydrogen-bond acceptors (Lipinski definition) is 2. The molecule has 0 aromatic heterocycles. The van der Waals surface area contributed by atoms with Gasteiger partial charge in [-0.25, -0.2) is 9.38 Å². The molecule has 0 spiro atoms. The molecule has 4 nitrogen and oxygen atoms in total. The lowest BCUT2D eigenvalue weighted by Crippen LogP contribution is -2.35. The number of rotatable bonds is 6. The number of aliphatic imine (C=N–C) groups is 1. The first-order valence-corrected chi connectivity index (χ1v) is 7.62. The third-order valence-electron chi connectivity index (χ3n) is 4.00. The zero-order valence-electron chi connectivity index (χ0n) is 13.1. The molecule has 1 saturated carbocycles. The fraction of sp³-hybridized carbons (Fsp3) is 0.562. The van der Waals surface area contributed by atoms with Crippen LogP contribution >= 0.6 is 0 Å². The second-order valence-electron chi connectivity index (χ2n) is 5.47. The number of guanidine groups is 1. The zero-order chi connectivity index (χ0) is 15.4. The van der Waals surface area contributed by atoms with Crippen molar-refractivity contribution in [3.63, 3.8) is 0 Å². The summed E-state index contributed by atoms with van der Waals surface area (Å²) in [7, 11) is 1.96. The minimum atomic E-state index is -0.194. The highest BCUT2D eigenvalue weighted by atomic mass is 19.1. The number of nitrogens with two attached hydrogens (primary N) is 1. The van der Waals surface area contributed by atoms with Crippen LogP contribution in [0.5, 0.6) is 0 Å². The Morgan fingerprint density at radius 2 is 2.00 bits per heavy atom. The maximum Gasteiger partial charge on any atom is 0.191 e. The van der Waals surface area contributed by atoms with E-state index in [0.29, 0.717) is 24.2 Å². The summed E-state index contributed by atoms with van der Waals surface area (Å²) < 4.78 is 14.2. The van der Waals surface area contributed by atoms with Crippen LogP contribution in [0, 0.1) is 5.82 Å². The molecule has 0 radical (unpaired) electrons. The van der Waals surface area contributed by atoms with Gasteiger partial charge in [-0.1, -0.05) is 6.07 Å². The first-order chi connectivity index (χ1) is 10.1. The van der Waals surface area contributed by atoms with Gasteiger partial charge in [0.15, 0.2) is 5.96 Å². The van der Waals surface area contributed by atoms with Crippen LogP contribution in [0.1, 0.15) is 32.3 Å². The number of halogens is 1. The molecular formula is C16H25FN4. The standard InChI is InChI=1S/C16H25FN4/c1-4-21(5-2)15-9-6-12(10-14(15)17)11-19-16(18)20(3)13-7-8-13/h6,9-10,13H,4-5,7-8,11H2,1-3H3,(H2,18,19). The Morgan fingerprint density at radius 3 is 2.52 bits per heavy atom. The average molecular weight is 292 g/mol. The predicted octanol–water partition coefficient (Wildman–Crippen LogP) is 2.58. The summed E-state index contributed by atoms with van der Waals surface area (Å²) in [6.45, 7) is 6.05. The molecular weight excluding hydrogens is 267 g/mol. The van der Waals surface area contributed by atoms with E-state index in [1.807, 2.05) is 42.8 Å². The van der Waals surface area contributed by atoms with E-state index in [0.717, 1.165) is 18.7 Å². The summed E-state index contributed by atoms with van der Waals surface area (Å²) in [5.74, 6) is 0.339. The summed E-state index contributed by atoms with van der Waals surface area (Å²) in [5.41, 5.74) is 7.43. The van der Waals surface area contributed by atoms with Crippen molar-refractivity contribution in [2.24, 2.45) is 10.7 Å². The maximum atomic E-state index is 14.2. The highest BCUT2D eigenvalue weighted by Crippen LogP contribution is 2.25. The number of anilines is 1. The van der Waals surface area contributed by atoms with E-state index in [1.165, 1.54) is 12.8 Å². The van der Waals surface area contributed by atoms with Crippen LogP contribution in [0.2, 0.25) is 0 Å². The van der Waals surface area contributed by atoms with E-state index in [4.69, 9.17) is 5.73 Å². The first kappa shape index (κ1) is 15.6. The smallest absolute Gasteiger partial charge is 0.191 e. The van der Waals surface area contributed by atoms with E-state index >= 15 is 0 Å².